The molecule has 0 atom stereocenters. The fourth-order valence-electron chi connectivity index (χ4n) is 1.16. The van der Waals surface area contributed by atoms with Crippen molar-refractivity contribution in [3.8, 4) is 0 Å². The van der Waals surface area contributed by atoms with Crippen LogP contribution >= 0.6 is 11.8 Å². The lowest BCUT2D eigenvalue weighted by molar-refractivity contribution is 0.0953. The zero-order valence-corrected chi connectivity index (χ0v) is 8.93. The maximum absolute atomic E-state index is 11.4. The summed E-state index contributed by atoms with van der Waals surface area (Å²) < 4.78 is 0. The molecule has 3 nitrogen and oxygen atoms in total. The Morgan fingerprint density at radius 1 is 1.50 bits per heavy atom. The van der Waals surface area contributed by atoms with Crippen LogP contribution in [0.1, 0.15) is 22.8 Å². The molecular weight excluding hydrogens is 196 g/mol. The zero-order valence-electron chi connectivity index (χ0n) is 8.12. The molecular formula is C10H14N2OS. The number of thioether (sulfide) groups is 1. The minimum Gasteiger partial charge on any atom is -0.290 e. The Bertz CT molecular complexity index is 315. The summed E-state index contributed by atoms with van der Waals surface area (Å²) in [6, 6.07) is 7.50. The second-order valence-electron chi connectivity index (χ2n) is 2.77. The summed E-state index contributed by atoms with van der Waals surface area (Å²) in [5.41, 5.74) is 3.84. The van der Waals surface area contributed by atoms with Crippen molar-refractivity contribution in [1.82, 2.24) is 5.43 Å². The van der Waals surface area contributed by atoms with Gasteiger partial charge in [0.05, 0.1) is 0 Å². The van der Waals surface area contributed by atoms with Gasteiger partial charge in [0.15, 0.2) is 0 Å². The lowest BCUT2D eigenvalue weighted by Crippen LogP contribution is -2.30. The van der Waals surface area contributed by atoms with E-state index in [4.69, 9.17) is 5.84 Å². The van der Waals surface area contributed by atoms with Crippen LogP contribution < -0.4 is 11.3 Å². The van der Waals surface area contributed by atoms with Gasteiger partial charge >= 0.3 is 0 Å². The first kappa shape index (κ1) is 11.1. The predicted octanol–water partition coefficient (Wildman–Crippen LogP) is 1.54. The second-order valence-corrected chi connectivity index (χ2v) is 4.04. The Kier molecular flexibility index (Phi) is 4.49. The Hall–Kier alpha value is -1.00. The van der Waals surface area contributed by atoms with E-state index in [1.165, 1.54) is 0 Å². The van der Waals surface area contributed by atoms with E-state index in [1.807, 2.05) is 18.2 Å². The highest BCUT2D eigenvalue weighted by atomic mass is 32.2. The van der Waals surface area contributed by atoms with Crippen LogP contribution in [-0.2, 0) is 5.75 Å². The van der Waals surface area contributed by atoms with Gasteiger partial charge in [0.1, 0.15) is 0 Å². The number of nitrogens with two attached hydrogens (primary N) is 1. The molecule has 76 valence electrons. The summed E-state index contributed by atoms with van der Waals surface area (Å²) in [7, 11) is 0. The molecule has 0 bridgehead atoms. The number of benzene rings is 1. The highest BCUT2D eigenvalue weighted by Crippen LogP contribution is 2.15. The van der Waals surface area contributed by atoms with Gasteiger partial charge in [-0.3, -0.25) is 10.2 Å². The maximum Gasteiger partial charge on any atom is 0.265 e. The van der Waals surface area contributed by atoms with Crippen LogP contribution in [-0.4, -0.2) is 11.7 Å². The molecule has 0 aliphatic heterocycles. The summed E-state index contributed by atoms with van der Waals surface area (Å²) in [4.78, 5) is 11.4. The molecule has 0 saturated heterocycles. The van der Waals surface area contributed by atoms with Gasteiger partial charge in [0.2, 0.25) is 0 Å². The molecule has 0 unspecified atom stereocenters. The fourth-order valence-corrected chi connectivity index (χ4v) is 1.83. The standard InChI is InChI=1S/C10H14N2OS/c1-2-14-7-8-5-3-4-6-9(8)10(13)12-11/h3-6H,2,7,11H2,1H3,(H,12,13). The quantitative estimate of drug-likeness (QED) is 0.450. The molecule has 1 aromatic rings. The summed E-state index contributed by atoms with van der Waals surface area (Å²) in [6.45, 7) is 2.09. The lowest BCUT2D eigenvalue weighted by Gasteiger charge is -2.06. The van der Waals surface area contributed by atoms with Gasteiger partial charge in [0, 0.05) is 11.3 Å². The van der Waals surface area contributed by atoms with Gasteiger partial charge in [-0.1, -0.05) is 25.1 Å². The Morgan fingerprint density at radius 3 is 2.86 bits per heavy atom. The van der Waals surface area contributed by atoms with E-state index >= 15 is 0 Å². The topological polar surface area (TPSA) is 55.1 Å². The third-order valence-corrected chi connectivity index (χ3v) is 2.78. The first-order chi connectivity index (χ1) is 6.79. The Balaban J connectivity index is 2.85. The summed E-state index contributed by atoms with van der Waals surface area (Å²) in [5.74, 6) is 6.76. The number of hydrazine groups is 1. The Labute approximate surface area is 88.0 Å². The van der Waals surface area contributed by atoms with Gasteiger partial charge < -0.3 is 0 Å². The normalized spacial score (nSPS) is 9.86. The van der Waals surface area contributed by atoms with E-state index < -0.39 is 0 Å². The first-order valence-electron chi connectivity index (χ1n) is 4.46. The molecule has 0 spiro atoms. The summed E-state index contributed by atoms with van der Waals surface area (Å²) in [5, 5.41) is 0. The van der Waals surface area contributed by atoms with Crippen LogP contribution in [0.15, 0.2) is 24.3 Å². The van der Waals surface area contributed by atoms with E-state index in [1.54, 1.807) is 17.8 Å². The fraction of sp³-hybridized carbons (Fsp3) is 0.300. The highest BCUT2D eigenvalue weighted by Gasteiger charge is 2.08. The monoisotopic (exact) mass is 210 g/mol. The van der Waals surface area contributed by atoms with Crippen molar-refractivity contribution < 1.29 is 4.79 Å². The number of carbonyl (C=O) groups is 1. The zero-order chi connectivity index (χ0) is 10.4. The molecule has 0 aliphatic carbocycles. The number of hydrogen-bond acceptors (Lipinski definition) is 3. The molecule has 1 rings (SSSR count). The molecule has 14 heavy (non-hydrogen) atoms. The van der Waals surface area contributed by atoms with E-state index in [9.17, 15) is 4.79 Å². The van der Waals surface area contributed by atoms with E-state index in [0.29, 0.717) is 5.56 Å². The van der Waals surface area contributed by atoms with Crippen LogP contribution in [0.2, 0.25) is 0 Å². The third-order valence-electron chi connectivity index (χ3n) is 1.85. The number of amides is 1. The van der Waals surface area contributed by atoms with Crippen LogP contribution in [0.5, 0.6) is 0 Å². The van der Waals surface area contributed by atoms with Crippen molar-refractivity contribution in [3.05, 3.63) is 35.4 Å². The second kappa shape index (κ2) is 5.67. The van der Waals surface area contributed by atoms with Crippen LogP contribution in [0.3, 0.4) is 0 Å². The summed E-state index contributed by atoms with van der Waals surface area (Å²) >= 11 is 1.78. The number of carbonyl (C=O) groups excluding carboxylic acids is 1. The van der Waals surface area contributed by atoms with E-state index in [-0.39, 0.29) is 5.91 Å². The minimum atomic E-state index is -0.225. The molecule has 1 aromatic carbocycles. The SMILES string of the molecule is CCSCc1ccccc1C(=O)NN. The third kappa shape index (κ3) is 2.75. The molecule has 0 aromatic heterocycles. The van der Waals surface area contributed by atoms with Gasteiger partial charge in [-0.2, -0.15) is 11.8 Å². The van der Waals surface area contributed by atoms with Crippen molar-refractivity contribution in [2.24, 2.45) is 5.84 Å². The molecule has 0 radical (unpaired) electrons. The van der Waals surface area contributed by atoms with Crippen molar-refractivity contribution >= 4 is 17.7 Å². The molecule has 0 saturated carbocycles. The van der Waals surface area contributed by atoms with Crippen molar-refractivity contribution in [2.75, 3.05) is 5.75 Å². The largest absolute Gasteiger partial charge is 0.290 e. The Morgan fingerprint density at radius 2 is 2.21 bits per heavy atom. The highest BCUT2D eigenvalue weighted by molar-refractivity contribution is 7.98. The van der Waals surface area contributed by atoms with Crippen molar-refractivity contribution in [2.45, 2.75) is 12.7 Å². The number of hydrogen-bond donors (Lipinski definition) is 2. The smallest absolute Gasteiger partial charge is 0.265 e. The van der Waals surface area contributed by atoms with Crippen molar-refractivity contribution in [1.29, 1.82) is 0 Å². The molecule has 1 amide bonds. The predicted molar refractivity (Wildman–Crippen MR) is 59.9 cm³/mol. The van der Waals surface area contributed by atoms with E-state index in [0.717, 1.165) is 17.1 Å². The molecule has 4 heteroatoms. The van der Waals surface area contributed by atoms with Crippen LogP contribution in [0.4, 0.5) is 0 Å². The number of nitrogens with one attached hydrogen (secondary N) is 1. The number of rotatable bonds is 4. The van der Waals surface area contributed by atoms with Gasteiger partial charge in [0.25, 0.3) is 5.91 Å². The molecule has 0 heterocycles. The van der Waals surface area contributed by atoms with Crippen LogP contribution in [0.25, 0.3) is 0 Å². The number of nitrogen functional groups attached to an aromatic ring is 1. The van der Waals surface area contributed by atoms with Gasteiger partial charge in [-0.05, 0) is 17.4 Å². The van der Waals surface area contributed by atoms with E-state index in [2.05, 4.69) is 12.3 Å². The first-order valence-corrected chi connectivity index (χ1v) is 5.61. The minimum absolute atomic E-state index is 0.225. The average Bonchev–Trinajstić information content (AvgIpc) is 2.25. The molecule has 0 fully saturated rings. The van der Waals surface area contributed by atoms with Gasteiger partial charge in [-0.15, -0.1) is 0 Å². The average molecular weight is 210 g/mol. The summed E-state index contributed by atoms with van der Waals surface area (Å²) in [6.07, 6.45) is 0. The molecule has 0 aliphatic rings. The maximum atomic E-state index is 11.4. The van der Waals surface area contributed by atoms with Gasteiger partial charge in [-0.25, -0.2) is 5.84 Å². The molecule has 3 N–H and O–H groups in total. The lowest BCUT2D eigenvalue weighted by atomic mass is 10.1. The van der Waals surface area contributed by atoms with Crippen molar-refractivity contribution in [3.63, 3.8) is 0 Å². The van der Waals surface area contributed by atoms with Crippen LogP contribution in [0, 0.1) is 0 Å².